The van der Waals surface area contributed by atoms with E-state index in [-0.39, 0.29) is 6.61 Å². The predicted octanol–water partition coefficient (Wildman–Crippen LogP) is 2.35. The van der Waals surface area contributed by atoms with E-state index in [1.165, 1.54) is 0 Å². The molecule has 1 N–H and O–H groups in total. The average molecular weight is 312 g/mol. The summed E-state index contributed by atoms with van der Waals surface area (Å²) in [6, 6.07) is 5.55. The van der Waals surface area contributed by atoms with Crippen LogP contribution < -0.4 is 10.1 Å². The zero-order valence-corrected chi connectivity index (χ0v) is 12.8. The molecule has 0 unspecified atom stereocenters. The Balaban J connectivity index is 1.99. The summed E-state index contributed by atoms with van der Waals surface area (Å²) in [5.74, 6) is 1.72. The number of ether oxygens (including phenoxy) is 2. The molecule has 0 fully saturated rings. The van der Waals surface area contributed by atoms with E-state index in [1.807, 2.05) is 18.2 Å². The SMILES string of the molecule is COCCNCc1c(Cl)cccc1OCc1noc(C)n1. The summed E-state index contributed by atoms with van der Waals surface area (Å²) in [6.07, 6.45) is 0. The first-order valence-corrected chi connectivity index (χ1v) is 6.97. The summed E-state index contributed by atoms with van der Waals surface area (Å²) in [5.41, 5.74) is 0.899. The van der Waals surface area contributed by atoms with Crippen molar-refractivity contribution in [3.05, 3.63) is 40.5 Å². The van der Waals surface area contributed by atoms with Gasteiger partial charge in [0, 0.05) is 37.7 Å². The number of aromatic nitrogens is 2. The van der Waals surface area contributed by atoms with Crippen molar-refractivity contribution in [2.24, 2.45) is 0 Å². The van der Waals surface area contributed by atoms with E-state index in [2.05, 4.69) is 15.5 Å². The Bertz CT molecular complexity index is 574. The molecule has 0 bridgehead atoms. The van der Waals surface area contributed by atoms with Crippen LogP contribution >= 0.6 is 11.6 Å². The van der Waals surface area contributed by atoms with Crippen molar-refractivity contribution in [1.82, 2.24) is 15.5 Å². The molecule has 0 spiro atoms. The third-order valence-corrected chi connectivity index (χ3v) is 3.14. The van der Waals surface area contributed by atoms with Crippen molar-refractivity contribution >= 4 is 11.6 Å². The first kappa shape index (κ1) is 15.8. The van der Waals surface area contributed by atoms with Crippen LogP contribution in [0.5, 0.6) is 5.75 Å². The number of aryl methyl sites for hydroxylation is 1. The number of halogens is 1. The fourth-order valence-corrected chi connectivity index (χ4v) is 2.01. The molecule has 0 amide bonds. The first-order chi connectivity index (χ1) is 10.2. The molecular formula is C14H18ClN3O3. The maximum atomic E-state index is 6.23. The highest BCUT2D eigenvalue weighted by atomic mass is 35.5. The van der Waals surface area contributed by atoms with Gasteiger partial charge in [0.1, 0.15) is 5.75 Å². The van der Waals surface area contributed by atoms with Gasteiger partial charge in [-0.05, 0) is 12.1 Å². The van der Waals surface area contributed by atoms with Gasteiger partial charge in [-0.1, -0.05) is 22.8 Å². The van der Waals surface area contributed by atoms with E-state index in [9.17, 15) is 0 Å². The second-order valence-electron chi connectivity index (χ2n) is 4.40. The molecule has 0 radical (unpaired) electrons. The number of nitrogens with zero attached hydrogens (tertiary/aromatic N) is 2. The first-order valence-electron chi connectivity index (χ1n) is 6.59. The van der Waals surface area contributed by atoms with Gasteiger partial charge in [0.05, 0.1) is 6.61 Å². The molecule has 0 aliphatic rings. The summed E-state index contributed by atoms with van der Waals surface area (Å²) >= 11 is 6.23. The van der Waals surface area contributed by atoms with Gasteiger partial charge >= 0.3 is 0 Å². The summed E-state index contributed by atoms with van der Waals surface area (Å²) in [5, 5.41) is 7.69. The lowest BCUT2D eigenvalue weighted by Gasteiger charge is -2.12. The number of rotatable bonds is 8. The maximum absolute atomic E-state index is 6.23. The van der Waals surface area contributed by atoms with Crippen LogP contribution in [0.2, 0.25) is 5.02 Å². The van der Waals surface area contributed by atoms with Crippen molar-refractivity contribution in [3.8, 4) is 5.75 Å². The van der Waals surface area contributed by atoms with Gasteiger partial charge in [0.2, 0.25) is 11.7 Å². The number of hydrogen-bond donors (Lipinski definition) is 1. The maximum Gasteiger partial charge on any atom is 0.223 e. The monoisotopic (exact) mass is 311 g/mol. The van der Waals surface area contributed by atoms with E-state index in [0.717, 1.165) is 12.1 Å². The van der Waals surface area contributed by atoms with Gasteiger partial charge in [-0.3, -0.25) is 0 Å². The van der Waals surface area contributed by atoms with E-state index in [1.54, 1.807) is 14.0 Å². The van der Waals surface area contributed by atoms with Crippen LogP contribution in [0.1, 0.15) is 17.3 Å². The summed E-state index contributed by atoms with van der Waals surface area (Å²) in [6.45, 7) is 3.96. The van der Waals surface area contributed by atoms with Gasteiger partial charge < -0.3 is 19.3 Å². The molecule has 1 aromatic carbocycles. The molecule has 1 heterocycles. The molecular weight excluding hydrogens is 294 g/mol. The molecule has 0 aliphatic carbocycles. The van der Waals surface area contributed by atoms with Gasteiger partial charge in [0.15, 0.2) is 6.61 Å². The summed E-state index contributed by atoms with van der Waals surface area (Å²) in [7, 11) is 1.67. The Labute approximate surface area is 128 Å². The molecule has 114 valence electrons. The molecule has 7 heteroatoms. The zero-order valence-electron chi connectivity index (χ0n) is 12.1. The van der Waals surface area contributed by atoms with E-state index in [0.29, 0.717) is 35.6 Å². The van der Waals surface area contributed by atoms with Crippen molar-refractivity contribution in [3.63, 3.8) is 0 Å². The largest absolute Gasteiger partial charge is 0.485 e. The van der Waals surface area contributed by atoms with Gasteiger partial charge in [-0.2, -0.15) is 4.98 Å². The number of nitrogens with one attached hydrogen (secondary N) is 1. The zero-order chi connectivity index (χ0) is 15.1. The third kappa shape index (κ3) is 4.70. The topological polar surface area (TPSA) is 69.4 Å². The smallest absolute Gasteiger partial charge is 0.223 e. The van der Waals surface area contributed by atoms with Gasteiger partial charge in [0.25, 0.3) is 0 Å². The Kier molecular flexibility index (Phi) is 5.98. The van der Waals surface area contributed by atoms with Crippen LogP contribution in [-0.2, 0) is 17.9 Å². The fourth-order valence-electron chi connectivity index (χ4n) is 1.78. The van der Waals surface area contributed by atoms with Gasteiger partial charge in [-0.15, -0.1) is 0 Å². The predicted molar refractivity (Wildman–Crippen MR) is 78.4 cm³/mol. The highest BCUT2D eigenvalue weighted by Crippen LogP contribution is 2.26. The average Bonchev–Trinajstić information content (AvgIpc) is 2.89. The van der Waals surface area contributed by atoms with Crippen LogP contribution in [0, 0.1) is 6.92 Å². The van der Waals surface area contributed by atoms with Crippen LogP contribution in [0.15, 0.2) is 22.7 Å². The molecule has 0 saturated heterocycles. The lowest BCUT2D eigenvalue weighted by atomic mass is 10.2. The summed E-state index contributed by atoms with van der Waals surface area (Å²) in [4.78, 5) is 4.10. The van der Waals surface area contributed by atoms with Crippen molar-refractivity contribution in [2.75, 3.05) is 20.3 Å². The Morgan fingerprint density at radius 1 is 1.38 bits per heavy atom. The number of benzene rings is 1. The van der Waals surface area contributed by atoms with Crippen molar-refractivity contribution < 1.29 is 14.0 Å². The second-order valence-corrected chi connectivity index (χ2v) is 4.81. The third-order valence-electron chi connectivity index (χ3n) is 2.79. The molecule has 0 saturated carbocycles. The minimum absolute atomic E-state index is 0.239. The van der Waals surface area contributed by atoms with Crippen LogP contribution in [0.25, 0.3) is 0 Å². The van der Waals surface area contributed by atoms with Crippen LogP contribution in [0.3, 0.4) is 0 Å². The quantitative estimate of drug-likeness (QED) is 0.755. The van der Waals surface area contributed by atoms with E-state index >= 15 is 0 Å². The molecule has 2 aromatic rings. The van der Waals surface area contributed by atoms with Gasteiger partial charge in [-0.25, -0.2) is 0 Å². The summed E-state index contributed by atoms with van der Waals surface area (Å²) < 4.78 is 15.6. The van der Waals surface area contributed by atoms with E-state index in [4.69, 9.17) is 25.6 Å². The number of methoxy groups -OCH3 is 1. The molecule has 21 heavy (non-hydrogen) atoms. The minimum Gasteiger partial charge on any atom is -0.485 e. The Morgan fingerprint density at radius 2 is 2.24 bits per heavy atom. The highest BCUT2D eigenvalue weighted by Gasteiger charge is 2.10. The fraction of sp³-hybridized carbons (Fsp3) is 0.429. The lowest BCUT2D eigenvalue weighted by molar-refractivity contribution is 0.199. The van der Waals surface area contributed by atoms with E-state index < -0.39 is 0 Å². The molecule has 0 aliphatic heterocycles. The normalized spacial score (nSPS) is 10.8. The Morgan fingerprint density at radius 3 is 2.95 bits per heavy atom. The Hall–Kier alpha value is -1.63. The molecule has 2 rings (SSSR count). The lowest BCUT2D eigenvalue weighted by Crippen LogP contribution is -2.19. The molecule has 0 atom stereocenters. The minimum atomic E-state index is 0.239. The van der Waals surface area contributed by atoms with Crippen LogP contribution in [-0.4, -0.2) is 30.4 Å². The molecule has 6 nitrogen and oxygen atoms in total. The van der Waals surface area contributed by atoms with Crippen LogP contribution in [0.4, 0.5) is 0 Å². The van der Waals surface area contributed by atoms with Crippen molar-refractivity contribution in [1.29, 1.82) is 0 Å². The number of hydrogen-bond acceptors (Lipinski definition) is 6. The van der Waals surface area contributed by atoms with Crippen molar-refractivity contribution in [2.45, 2.75) is 20.1 Å². The molecule has 1 aromatic heterocycles. The second kappa shape index (κ2) is 7.97. The highest BCUT2D eigenvalue weighted by molar-refractivity contribution is 6.31. The standard InChI is InChI=1S/C14H18ClN3O3/c1-10-17-14(18-21-10)9-20-13-5-3-4-12(15)11(13)8-16-6-7-19-2/h3-5,16H,6-9H2,1-2H3.